The van der Waals surface area contributed by atoms with Crippen molar-refractivity contribution in [3.8, 4) is 0 Å². The van der Waals surface area contributed by atoms with Crippen molar-refractivity contribution in [3.63, 3.8) is 0 Å². The van der Waals surface area contributed by atoms with Crippen molar-refractivity contribution >= 4 is 5.97 Å². The minimum Gasteiger partial charge on any atom is -0.481 e. The third-order valence-electron chi connectivity index (χ3n) is 2.41. The first-order valence-electron chi connectivity index (χ1n) is 4.88. The van der Waals surface area contributed by atoms with E-state index < -0.39 is 11.9 Å². The highest BCUT2D eigenvalue weighted by Crippen LogP contribution is 2.07. The SMILES string of the molecule is O=C(O)C(CCO)CN1CCOCC1. The van der Waals surface area contributed by atoms with Crippen molar-refractivity contribution < 1.29 is 19.7 Å². The Bertz CT molecular complexity index is 180. The lowest BCUT2D eigenvalue weighted by molar-refractivity contribution is -0.143. The Morgan fingerprint density at radius 1 is 1.43 bits per heavy atom. The Labute approximate surface area is 83.3 Å². The summed E-state index contributed by atoms with van der Waals surface area (Å²) in [7, 11) is 0. The molecule has 1 unspecified atom stereocenters. The molecule has 82 valence electrons. The Morgan fingerprint density at radius 2 is 2.07 bits per heavy atom. The van der Waals surface area contributed by atoms with E-state index in [4.69, 9.17) is 14.9 Å². The van der Waals surface area contributed by atoms with Crippen molar-refractivity contribution in [2.24, 2.45) is 5.92 Å². The van der Waals surface area contributed by atoms with Crippen LogP contribution in [0, 0.1) is 5.92 Å². The maximum absolute atomic E-state index is 10.8. The fourth-order valence-corrected chi connectivity index (χ4v) is 1.54. The van der Waals surface area contributed by atoms with Crippen LogP contribution in [-0.2, 0) is 9.53 Å². The van der Waals surface area contributed by atoms with Gasteiger partial charge in [-0.2, -0.15) is 0 Å². The Kier molecular flexibility index (Phi) is 4.86. The summed E-state index contributed by atoms with van der Waals surface area (Å²) >= 11 is 0. The highest BCUT2D eigenvalue weighted by molar-refractivity contribution is 5.70. The summed E-state index contributed by atoms with van der Waals surface area (Å²) in [5, 5.41) is 17.6. The molecule has 0 bridgehead atoms. The first-order valence-corrected chi connectivity index (χ1v) is 4.88. The normalized spacial score (nSPS) is 20.6. The molecule has 1 atom stereocenters. The van der Waals surface area contributed by atoms with E-state index >= 15 is 0 Å². The third-order valence-corrected chi connectivity index (χ3v) is 2.41. The molecule has 2 N–H and O–H groups in total. The number of carbonyl (C=O) groups is 1. The minimum atomic E-state index is -0.828. The molecule has 1 fully saturated rings. The summed E-state index contributed by atoms with van der Waals surface area (Å²) in [6.45, 7) is 3.36. The van der Waals surface area contributed by atoms with Gasteiger partial charge in [-0.15, -0.1) is 0 Å². The van der Waals surface area contributed by atoms with E-state index in [2.05, 4.69) is 4.90 Å². The van der Waals surface area contributed by atoms with E-state index in [1.165, 1.54) is 0 Å². The topological polar surface area (TPSA) is 70.0 Å². The van der Waals surface area contributed by atoms with Crippen LogP contribution in [0.5, 0.6) is 0 Å². The second-order valence-electron chi connectivity index (χ2n) is 3.46. The van der Waals surface area contributed by atoms with Crippen molar-refractivity contribution in [2.75, 3.05) is 39.5 Å². The average Bonchev–Trinajstić information content (AvgIpc) is 2.18. The monoisotopic (exact) mass is 203 g/mol. The summed E-state index contributed by atoms with van der Waals surface area (Å²) in [6.07, 6.45) is 0.326. The fourth-order valence-electron chi connectivity index (χ4n) is 1.54. The van der Waals surface area contributed by atoms with Gasteiger partial charge < -0.3 is 14.9 Å². The van der Waals surface area contributed by atoms with Crippen LogP contribution in [0.1, 0.15) is 6.42 Å². The van der Waals surface area contributed by atoms with E-state index in [9.17, 15) is 4.79 Å². The smallest absolute Gasteiger partial charge is 0.307 e. The molecule has 0 saturated carbocycles. The molecule has 1 saturated heterocycles. The van der Waals surface area contributed by atoms with Crippen LogP contribution in [0.4, 0.5) is 0 Å². The van der Waals surface area contributed by atoms with Crippen LogP contribution in [0.25, 0.3) is 0 Å². The number of hydrogen-bond acceptors (Lipinski definition) is 4. The summed E-state index contributed by atoms with van der Waals surface area (Å²) in [4.78, 5) is 12.9. The lowest BCUT2D eigenvalue weighted by Crippen LogP contribution is -2.41. The van der Waals surface area contributed by atoms with E-state index in [-0.39, 0.29) is 6.61 Å². The predicted molar refractivity (Wildman–Crippen MR) is 50.1 cm³/mol. The lowest BCUT2D eigenvalue weighted by Gasteiger charge is -2.28. The van der Waals surface area contributed by atoms with Crippen molar-refractivity contribution in [3.05, 3.63) is 0 Å². The van der Waals surface area contributed by atoms with Gasteiger partial charge in [-0.1, -0.05) is 0 Å². The minimum absolute atomic E-state index is 0.0681. The molecule has 1 heterocycles. The molecule has 0 radical (unpaired) electrons. The van der Waals surface area contributed by atoms with E-state index in [0.29, 0.717) is 26.2 Å². The molecule has 0 amide bonds. The number of aliphatic hydroxyl groups excluding tert-OH is 1. The van der Waals surface area contributed by atoms with Crippen LogP contribution >= 0.6 is 0 Å². The van der Waals surface area contributed by atoms with Crippen LogP contribution < -0.4 is 0 Å². The van der Waals surface area contributed by atoms with Crippen LogP contribution in [0.2, 0.25) is 0 Å². The summed E-state index contributed by atoms with van der Waals surface area (Å²) in [5.41, 5.74) is 0. The van der Waals surface area contributed by atoms with Gasteiger partial charge in [0.25, 0.3) is 0 Å². The van der Waals surface area contributed by atoms with Gasteiger partial charge in [0.15, 0.2) is 0 Å². The van der Waals surface area contributed by atoms with Crippen LogP contribution in [-0.4, -0.2) is 60.5 Å². The molecule has 1 rings (SSSR count). The molecular weight excluding hydrogens is 186 g/mol. The Hall–Kier alpha value is -0.650. The molecule has 0 aromatic heterocycles. The number of morpholine rings is 1. The zero-order chi connectivity index (χ0) is 10.4. The van der Waals surface area contributed by atoms with Crippen molar-refractivity contribution in [2.45, 2.75) is 6.42 Å². The molecule has 5 nitrogen and oxygen atoms in total. The first-order chi connectivity index (χ1) is 6.74. The molecule has 0 aromatic carbocycles. The molecule has 1 aliphatic rings. The number of carboxylic acid groups (broad SMARTS) is 1. The zero-order valence-corrected chi connectivity index (χ0v) is 8.19. The van der Waals surface area contributed by atoms with Gasteiger partial charge in [0, 0.05) is 26.2 Å². The standard InChI is InChI=1S/C9H17NO4/c11-4-1-8(9(12)13)7-10-2-5-14-6-3-10/h8,11H,1-7H2,(H,12,13). The predicted octanol–water partition coefficient (Wildman–Crippen LogP) is -0.598. The number of aliphatic carboxylic acids is 1. The van der Waals surface area contributed by atoms with Gasteiger partial charge in [0.2, 0.25) is 0 Å². The number of ether oxygens (including phenoxy) is 1. The van der Waals surface area contributed by atoms with Gasteiger partial charge in [-0.05, 0) is 6.42 Å². The van der Waals surface area contributed by atoms with Gasteiger partial charge in [0.1, 0.15) is 0 Å². The molecule has 0 aromatic rings. The highest BCUT2D eigenvalue weighted by atomic mass is 16.5. The maximum atomic E-state index is 10.8. The van der Waals surface area contributed by atoms with Gasteiger partial charge in [-0.3, -0.25) is 9.69 Å². The highest BCUT2D eigenvalue weighted by Gasteiger charge is 2.21. The van der Waals surface area contributed by atoms with Crippen molar-refractivity contribution in [1.29, 1.82) is 0 Å². The molecule has 0 aliphatic carbocycles. The number of hydrogen-bond donors (Lipinski definition) is 2. The second-order valence-corrected chi connectivity index (χ2v) is 3.46. The van der Waals surface area contributed by atoms with Crippen LogP contribution in [0.3, 0.4) is 0 Å². The maximum Gasteiger partial charge on any atom is 0.307 e. The summed E-state index contributed by atoms with van der Waals surface area (Å²) in [5.74, 6) is -1.29. The second kappa shape index (κ2) is 5.95. The summed E-state index contributed by atoms with van der Waals surface area (Å²) in [6, 6.07) is 0. The molecule has 1 aliphatic heterocycles. The van der Waals surface area contributed by atoms with Gasteiger partial charge in [-0.25, -0.2) is 0 Å². The number of carboxylic acids is 1. The van der Waals surface area contributed by atoms with E-state index in [1.54, 1.807) is 0 Å². The number of nitrogens with zero attached hydrogens (tertiary/aromatic N) is 1. The zero-order valence-electron chi connectivity index (χ0n) is 8.19. The van der Waals surface area contributed by atoms with Gasteiger partial charge >= 0.3 is 5.97 Å². The van der Waals surface area contributed by atoms with E-state index in [0.717, 1.165) is 13.1 Å². The van der Waals surface area contributed by atoms with Crippen LogP contribution in [0.15, 0.2) is 0 Å². The first kappa shape index (κ1) is 11.4. The molecule has 14 heavy (non-hydrogen) atoms. The fraction of sp³-hybridized carbons (Fsp3) is 0.889. The molecular formula is C9H17NO4. The molecule has 5 heteroatoms. The van der Waals surface area contributed by atoms with Gasteiger partial charge in [0.05, 0.1) is 19.1 Å². The van der Waals surface area contributed by atoms with Crippen molar-refractivity contribution in [1.82, 2.24) is 4.90 Å². The number of aliphatic hydroxyl groups is 1. The quantitative estimate of drug-likeness (QED) is 0.624. The average molecular weight is 203 g/mol. The Balaban J connectivity index is 2.33. The molecule has 0 spiro atoms. The third kappa shape index (κ3) is 3.61. The van der Waals surface area contributed by atoms with E-state index in [1.807, 2.05) is 0 Å². The lowest BCUT2D eigenvalue weighted by atomic mass is 10.1. The largest absolute Gasteiger partial charge is 0.481 e. The Morgan fingerprint density at radius 3 is 2.57 bits per heavy atom. The number of rotatable bonds is 5. The summed E-state index contributed by atoms with van der Waals surface area (Å²) < 4.78 is 5.16.